The summed E-state index contributed by atoms with van der Waals surface area (Å²) in [5.74, 6) is 1.62. The molecule has 0 spiro atoms. The smallest absolute Gasteiger partial charge is 0.235 e. The van der Waals surface area contributed by atoms with Crippen LogP contribution in [0.15, 0.2) is 36.5 Å². The number of fused-ring (bicyclic) bond motifs is 1. The lowest BCUT2D eigenvalue weighted by molar-refractivity contribution is 0.417. The Morgan fingerprint density at radius 1 is 1.16 bits per heavy atom. The van der Waals surface area contributed by atoms with Crippen molar-refractivity contribution in [3.63, 3.8) is 0 Å². The van der Waals surface area contributed by atoms with Crippen molar-refractivity contribution in [1.29, 1.82) is 0 Å². The van der Waals surface area contributed by atoms with E-state index in [-0.39, 0.29) is 5.25 Å². The third-order valence-corrected chi connectivity index (χ3v) is 7.08. The van der Waals surface area contributed by atoms with Crippen LogP contribution in [0.25, 0.3) is 16.9 Å². The molecule has 166 valence electrons. The summed E-state index contributed by atoms with van der Waals surface area (Å²) in [5, 5.41) is 10.0. The fraction of sp³-hybridized carbons (Fsp3) is 0.286. The van der Waals surface area contributed by atoms with E-state index in [0.29, 0.717) is 47.4 Å². The van der Waals surface area contributed by atoms with Crippen molar-refractivity contribution in [2.75, 3.05) is 17.1 Å². The number of nitrogens with zero attached hydrogens (tertiary/aromatic N) is 4. The minimum absolute atomic E-state index is 0.341. The Hall–Kier alpha value is -3.60. The number of hydrogen-bond donors (Lipinski definition) is 3. The first-order valence-corrected chi connectivity index (χ1v) is 11.7. The molecule has 5 rings (SSSR count). The summed E-state index contributed by atoms with van der Waals surface area (Å²) in [6.45, 7) is 3.83. The van der Waals surface area contributed by atoms with Crippen LogP contribution in [-0.2, 0) is 10.0 Å². The average Bonchev–Trinajstić information content (AvgIpc) is 3.44. The molecule has 3 N–H and O–H groups in total. The average molecular weight is 454 g/mol. The second-order valence-electron chi connectivity index (χ2n) is 7.90. The zero-order chi connectivity index (χ0) is 22.5. The summed E-state index contributed by atoms with van der Waals surface area (Å²) in [6.07, 6.45) is 3.24. The molecule has 0 saturated heterocycles. The molecule has 3 aromatic heterocycles. The molecule has 32 heavy (non-hydrogen) atoms. The molecule has 3 heterocycles. The number of methoxy groups -OCH3 is 1. The Morgan fingerprint density at radius 3 is 2.66 bits per heavy atom. The maximum Gasteiger partial charge on any atom is 0.235 e. The number of hydrogen-bond acceptors (Lipinski definition) is 7. The maximum atomic E-state index is 12.5. The van der Waals surface area contributed by atoms with Crippen LogP contribution in [0.5, 0.6) is 5.75 Å². The normalized spacial score (nSPS) is 14.0. The molecule has 11 heteroatoms. The fourth-order valence-electron chi connectivity index (χ4n) is 3.51. The monoisotopic (exact) mass is 453 g/mol. The predicted octanol–water partition coefficient (Wildman–Crippen LogP) is 3.39. The largest absolute Gasteiger partial charge is 0.495 e. The Labute approximate surface area is 185 Å². The zero-order valence-corrected chi connectivity index (χ0v) is 18.7. The lowest BCUT2D eigenvalue weighted by atomic mass is 10.1. The van der Waals surface area contributed by atoms with E-state index >= 15 is 0 Å². The van der Waals surface area contributed by atoms with Gasteiger partial charge in [0.05, 0.1) is 29.4 Å². The second-order valence-corrected chi connectivity index (χ2v) is 9.86. The van der Waals surface area contributed by atoms with E-state index in [2.05, 4.69) is 25.2 Å². The van der Waals surface area contributed by atoms with Gasteiger partial charge in [-0.05, 0) is 44.9 Å². The molecule has 0 atom stereocenters. The summed E-state index contributed by atoms with van der Waals surface area (Å²) in [5.41, 5.74) is 4.21. The summed E-state index contributed by atoms with van der Waals surface area (Å²) in [7, 11) is -1.93. The molecular formula is C21H23N7O3S. The van der Waals surface area contributed by atoms with Crippen LogP contribution < -0.4 is 14.8 Å². The molecule has 0 aliphatic heterocycles. The molecule has 1 aliphatic rings. The van der Waals surface area contributed by atoms with Gasteiger partial charge in [0, 0.05) is 29.6 Å². The van der Waals surface area contributed by atoms with Gasteiger partial charge in [-0.3, -0.25) is 14.2 Å². The molecule has 0 bridgehead atoms. The summed E-state index contributed by atoms with van der Waals surface area (Å²) >= 11 is 0. The number of nitrogens with one attached hydrogen (secondary N) is 3. The summed E-state index contributed by atoms with van der Waals surface area (Å²) in [4.78, 5) is 9.34. The first-order valence-electron chi connectivity index (χ1n) is 10.2. The number of aromatic nitrogens is 5. The van der Waals surface area contributed by atoms with Gasteiger partial charge in [-0.1, -0.05) is 0 Å². The second kappa shape index (κ2) is 7.52. The number of aromatic amines is 1. The molecule has 1 fully saturated rings. The van der Waals surface area contributed by atoms with Gasteiger partial charge in [0.25, 0.3) is 0 Å². The van der Waals surface area contributed by atoms with E-state index in [1.807, 2.05) is 42.6 Å². The van der Waals surface area contributed by atoms with Gasteiger partial charge in [0.15, 0.2) is 5.82 Å². The first kappa shape index (κ1) is 20.3. The Kier molecular flexibility index (Phi) is 4.77. The number of imidazole rings is 1. The van der Waals surface area contributed by atoms with Gasteiger partial charge >= 0.3 is 0 Å². The van der Waals surface area contributed by atoms with Gasteiger partial charge in [-0.25, -0.2) is 18.4 Å². The summed E-state index contributed by atoms with van der Waals surface area (Å²) < 4.78 is 34.9. The number of aryl methyl sites for hydroxylation is 2. The van der Waals surface area contributed by atoms with Gasteiger partial charge < -0.3 is 10.1 Å². The molecule has 0 amide bonds. The number of sulfonamides is 1. The topological polar surface area (TPSA) is 126 Å². The molecule has 1 aromatic carbocycles. The van der Waals surface area contributed by atoms with Crippen molar-refractivity contribution in [2.24, 2.45) is 0 Å². The van der Waals surface area contributed by atoms with Crippen LogP contribution >= 0.6 is 0 Å². The highest BCUT2D eigenvalue weighted by Crippen LogP contribution is 2.35. The van der Waals surface area contributed by atoms with Crippen molar-refractivity contribution < 1.29 is 13.2 Å². The zero-order valence-electron chi connectivity index (χ0n) is 17.9. The SMILES string of the molecule is COc1ccc(-c2cc3nc(C)cn3c(Nc3cc(C)[nH]n3)n2)cc1NS(=O)(=O)C1CC1. The quantitative estimate of drug-likeness (QED) is 0.391. The molecular weight excluding hydrogens is 430 g/mol. The predicted molar refractivity (Wildman–Crippen MR) is 122 cm³/mol. The lowest BCUT2D eigenvalue weighted by Gasteiger charge is -2.14. The molecule has 1 saturated carbocycles. The Bertz CT molecular complexity index is 1420. The number of anilines is 3. The summed E-state index contributed by atoms with van der Waals surface area (Å²) in [6, 6.07) is 9.03. The van der Waals surface area contributed by atoms with E-state index < -0.39 is 10.0 Å². The van der Waals surface area contributed by atoms with Crippen molar-refractivity contribution in [3.05, 3.63) is 47.9 Å². The van der Waals surface area contributed by atoms with Gasteiger partial charge in [-0.15, -0.1) is 0 Å². The first-order chi connectivity index (χ1) is 15.3. The molecule has 4 aromatic rings. The van der Waals surface area contributed by atoms with Crippen molar-refractivity contribution in [2.45, 2.75) is 31.9 Å². The van der Waals surface area contributed by atoms with Crippen LogP contribution in [0.2, 0.25) is 0 Å². The Morgan fingerprint density at radius 2 is 1.97 bits per heavy atom. The van der Waals surface area contributed by atoms with E-state index in [1.54, 1.807) is 12.1 Å². The van der Waals surface area contributed by atoms with Gasteiger partial charge in [0.1, 0.15) is 11.4 Å². The van der Waals surface area contributed by atoms with E-state index in [9.17, 15) is 8.42 Å². The number of ether oxygens (including phenoxy) is 1. The third-order valence-electron chi connectivity index (χ3n) is 5.23. The van der Waals surface area contributed by atoms with Crippen molar-refractivity contribution in [1.82, 2.24) is 24.6 Å². The highest BCUT2D eigenvalue weighted by atomic mass is 32.2. The third kappa shape index (κ3) is 3.86. The highest BCUT2D eigenvalue weighted by molar-refractivity contribution is 7.93. The molecule has 0 radical (unpaired) electrons. The standard InChI is InChI=1S/C21H23N7O3S/c1-12-8-19(26-25-12)24-21-23-16(10-20-22-13(2)11-28(20)21)14-4-7-18(31-3)17(9-14)27-32(29,30)15-5-6-15/h4,7-11,15,27H,5-6H2,1-3H3,(H2,23,24,25,26). The fourth-order valence-corrected chi connectivity index (χ4v) is 4.89. The van der Waals surface area contributed by atoms with E-state index in [4.69, 9.17) is 9.72 Å². The van der Waals surface area contributed by atoms with Crippen LogP contribution in [0.1, 0.15) is 24.2 Å². The van der Waals surface area contributed by atoms with Gasteiger partial charge in [-0.2, -0.15) is 5.10 Å². The minimum atomic E-state index is -3.44. The number of benzene rings is 1. The molecule has 10 nitrogen and oxygen atoms in total. The lowest BCUT2D eigenvalue weighted by Crippen LogP contribution is -2.17. The maximum absolute atomic E-state index is 12.5. The van der Waals surface area contributed by atoms with Crippen molar-refractivity contribution >= 4 is 33.1 Å². The van der Waals surface area contributed by atoms with Crippen LogP contribution in [0.3, 0.4) is 0 Å². The highest BCUT2D eigenvalue weighted by Gasteiger charge is 2.36. The van der Waals surface area contributed by atoms with Crippen molar-refractivity contribution in [3.8, 4) is 17.0 Å². The molecule has 0 unspecified atom stereocenters. The number of rotatable bonds is 7. The number of H-pyrrole nitrogens is 1. The van der Waals surface area contributed by atoms with E-state index in [1.165, 1.54) is 7.11 Å². The van der Waals surface area contributed by atoms with Crippen LogP contribution in [0, 0.1) is 13.8 Å². The van der Waals surface area contributed by atoms with Crippen LogP contribution in [0.4, 0.5) is 17.5 Å². The van der Waals surface area contributed by atoms with E-state index in [0.717, 1.165) is 17.0 Å². The Balaban J connectivity index is 1.58. The van der Waals surface area contributed by atoms with Gasteiger partial charge in [0.2, 0.25) is 16.0 Å². The minimum Gasteiger partial charge on any atom is -0.495 e. The van der Waals surface area contributed by atoms with Crippen LogP contribution in [-0.4, -0.2) is 45.3 Å². The molecule has 1 aliphatic carbocycles.